The minimum absolute atomic E-state index is 0.0294. The van der Waals surface area contributed by atoms with Crippen LogP contribution in [0.2, 0.25) is 0 Å². The Balaban J connectivity index is 1.56. The van der Waals surface area contributed by atoms with Gasteiger partial charge in [0.05, 0.1) is 12.1 Å². The number of carbonyl (C=O) groups excluding carboxylic acids is 1. The van der Waals surface area contributed by atoms with E-state index >= 15 is 0 Å². The van der Waals surface area contributed by atoms with Crippen molar-refractivity contribution in [2.45, 2.75) is 31.6 Å². The van der Waals surface area contributed by atoms with Crippen LogP contribution in [0.4, 0.5) is 4.79 Å². The minimum atomic E-state index is -0.368. The molecule has 1 aliphatic carbocycles. The maximum Gasteiger partial charge on any atom is 0.410 e. The van der Waals surface area contributed by atoms with Gasteiger partial charge in [-0.1, -0.05) is 30.3 Å². The molecule has 1 amide bonds. The van der Waals surface area contributed by atoms with E-state index in [1.165, 1.54) is 0 Å². The summed E-state index contributed by atoms with van der Waals surface area (Å²) in [6.07, 6.45) is 1.08. The zero-order chi connectivity index (χ0) is 12.5. The minimum Gasteiger partial charge on any atom is -0.445 e. The SMILES string of the molecule is O=C(OCc1ccccc1)N1C[C@H]2C[C@@H]1[C@@H](O)C2. The number of hydrogen-bond acceptors (Lipinski definition) is 3. The number of amides is 1. The van der Waals surface area contributed by atoms with Crippen molar-refractivity contribution in [1.82, 2.24) is 4.90 Å². The van der Waals surface area contributed by atoms with Crippen molar-refractivity contribution in [1.29, 1.82) is 0 Å². The molecule has 0 radical (unpaired) electrons. The van der Waals surface area contributed by atoms with E-state index in [1.807, 2.05) is 30.3 Å². The van der Waals surface area contributed by atoms with Crippen LogP contribution >= 0.6 is 0 Å². The summed E-state index contributed by atoms with van der Waals surface area (Å²) in [6.45, 7) is 1.03. The number of carbonyl (C=O) groups is 1. The number of fused-ring (bicyclic) bond motifs is 2. The molecule has 18 heavy (non-hydrogen) atoms. The Bertz CT molecular complexity index is 434. The number of aliphatic hydroxyl groups is 1. The monoisotopic (exact) mass is 247 g/mol. The first-order valence-corrected chi connectivity index (χ1v) is 6.39. The number of rotatable bonds is 2. The summed E-state index contributed by atoms with van der Waals surface area (Å²) in [7, 11) is 0. The maximum atomic E-state index is 11.9. The molecule has 1 saturated heterocycles. The Morgan fingerprint density at radius 2 is 2.11 bits per heavy atom. The van der Waals surface area contributed by atoms with E-state index in [4.69, 9.17) is 4.74 Å². The second-order valence-electron chi connectivity index (χ2n) is 5.16. The molecule has 1 aromatic rings. The molecule has 3 rings (SSSR count). The molecule has 2 bridgehead atoms. The molecule has 1 heterocycles. The van der Waals surface area contributed by atoms with Crippen molar-refractivity contribution < 1.29 is 14.6 Å². The summed E-state index contributed by atoms with van der Waals surface area (Å²) in [4.78, 5) is 13.6. The van der Waals surface area contributed by atoms with E-state index < -0.39 is 0 Å². The zero-order valence-corrected chi connectivity index (χ0v) is 10.2. The van der Waals surface area contributed by atoms with Gasteiger partial charge < -0.3 is 14.7 Å². The van der Waals surface area contributed by atoms with Gasteiger partial charge >= 0.3 is 6.09 Å². The smallest absolute Gasteiger partial charge is 0.410 e. The van der Waals surface area contributed by atoms with Crippen molar-refractivity contribution in [2.24, 2.45) is 5.92 Å². The fourth-order valence-corrected chi connectivity index (χ4v) is 3.00. The number of ether oxygens (including phenoxy) is 1. The van der Waals surface area contributed by atoms with Crippen LogP contribution in [-0.2, 0) is 11.3 Å². The highest BCUT2D eigenvalue weighted by Gasteiger charge is 2.46. The van der Waals surface area contributed by atoms with Gasteiger partial charge in [-0.05, 0) is 24.3 Å². The third kappa shape index (κ3) is 2.08. The Labute approximate surface area is 106 Å². The Kier molecular flexibility index (Phi) is 2.96. The van der Waals surface area contributed by atoms with E-state index in [-0.39, 0.29) is 18.2 Å². The highest BCUT2D eigenvalue weighted by Crippen LogP contribution is 2.37. The van der Waals surface area contributed by atoms with Crippen molar-refractivity contribution in [3.63, 3.8) is 0 Å². The summed E-state index contributed by atoms with van der Waals surface area (Å²) < 4.78 is 5.29. The van der Waals surface area contributed by atoms with E-state index in [0.717, 1.165) is 24.9 Å². The number of nitrogens with zero attached hydrogens (tertiary/aromatic N) is 1. The Morgan fingerprint density at radius 1 is 1.33 bits per heavy atom. The van der Waals surface area contributed by atoms with E-state index in [1.54, 1.807) is 4.90 Å². The molecule has 0 unspecified atom stereocenters. The molecule has 1 N–H and O–H groups in total. The molecule has 3 atom stereocenters. The largest absolute Gasteiger partial charge is 0.445 e. The van der Waals surface area contributed by atoms with Crippen LogP contribution in [0.5, 0.6) is 0 Å². The number of benzene rings is 1. The second kappa shape index (κ2) is 4.61. The third-order valence-electron chi connectivity index (χ3n) is 3.89. The number of piperidine rings is 1. The quantitative estimate of drug-likeness (QED) is 0.866. The van der Waals surface area contributed by atoms with Gasteiger partial charge in [0, 0.05) is 6.54 Å². The molecular weight excluding hydrogens is 230 g/mol. The normalized spacial score (nSPS) is 29.6. The van der Waals surface area contributed by atoms with Crippen LogP contribution in [-0.4, -0.2) is 34.8 Å². The van der Waals surface area contributed by atoms with Crippen LogP contribution < -0.4 is 0 Å². The summed E-state index contributed by atoms with van der Waals surface area (Å²) in [6, 6.07) is 9.60. The average Bonchev–Trinajstić information content (AvgIpc) is 2.96. The molecule has 2 aliphatic rings. The van der Waals surface area contributed by atoms with Crippen LogP contribution in [0, 0.1) is 5.92 Å². The fraction of sp³-hybridized carbons (Fsp3) is 0.500. The maximum absolute atomic E-state index is 11.9. The van der Waals surface area contributed by atoms with Crippen LogP contribution in [0.25, 0.3) is 0 Å². The third-order valence-corrected chi connectivity index (χ3v) is 3.89. The molecule has 1 aromatic carbocycles. The molecular formula is C14H17NO3. The lowest BCUT2D eigenvalue weighted by Gasteiger charge is -2.29. The standard InChI is InChI=1S/C14H17NO3/c16-13-7-11-6-12(13)15(8-11)14(17)18-9-10-4-2-1-3-5-10/h1-5,11-13,16H,6-9H2/t11-,12+,13-/m0/s1. The molecule has 0 aromatic heterocycles. The molecule has 96 valence electrons. The molecule has 4 heteroatoms. The van der Waals surface area contributed by atoms with E-state index in [2.05, 4.69) is 0 Å². The van der Waals surface area contributed by atoms with Crippen LogP contribution in [0.15, 0.2) is 30.3 Å². The van der Waals surface area contributed by atoms with Gasteiger partial charge in [0.15, 0.2) is 0 Å². The fourth-order valence-electron chi connectivity index (χ4n) is 3.00. The lowest BCUT2D eigenvalue weighted by atomic mass is 10.1. The predicted molar refractivity (Wildman–Crippen MR) is 65.9 cm³/mol. The Hall–Kier alpha value is -1.55. The molecule has 2 fully saturated rings. The summed E-state index contributed by atoms with van der Waals surface area (Å²) >= 11 is 0. The first-order valence-electron chi connectivity index (χ1n) is 6.39. The molecule has 1 saturated carbocycles. The lowest BCUT2D eigenvalue weighted by molar-refractivity contribution is 0.0367. The summed E-state index contributed by atoms with van der Waals surface area (Å²) in [5, 5.41) is 9.77. The second-order valence-corrected chi connectivity index (χ2v) is 5.16. The van der Waals surface area contributed by atoms with Gasteiger partial charge in [-0.3, -0.25) is 0 Å². The highest BCUT2D eigenvalue weighted by molar-refractivity contribution is 5.69. The molecule has 1 aliphatic heterocycles. The zero-order valence-electron chi connectivity index (χ0n) is 10.2. The van der Waals surface area contributed by atoms with Crippen molar-refractivity contribution >= 4 is 6.09 Å². The van der Waals surface area contributed by atoms with E-state index in [0.29, 0.717) is 12.5 Å². The first kappa shape index (κ1) is 11.5. The molecule has 4 nitrogen and oxygen atoms in total. The lowest BCUT2D eigenvalue weighted by Crippen LogP contribution is -2.44. The number of hydrogen-bond donors (Lipinski definition) is 1. The van der Waals surface area contributed by atoms with Gasteiger partial charge in [0.2, 0.25) is 0 Å². The van der Waals surface area contributed by atoms with Gasteiger partial charge in [-0.15, -0.1) is 0 Å². The topological polar surface area (TPSA) is 49.8 Å². The number of aliphatic hydroxyl groups excluding tert-OH is 1. The van der Waals surface area contributed by atoms with Crippen molar-refractivity contribution in [3.8, 4) is 0 Å². The van der Waals surface area contributed by atoms with Crippen LogP contribution in [0.1, 0.15) is 18.4 Å². The van der Waals surface area contributed by atoms with Gasteiger partial charge in [-0.25, -0.2) is 4.79 Å². The van der Waals surface area contributed by atoms with Gasteiger partial charge in [0.1, 0.15) is 6.61 Å². The van der Waals surface area contributed by atoms with E-state index in [9.17, 15) is 9.90 Å². The van der Waals surface area contributed by atoms with Gasteiger partial charge in [-0.2, -0.15) is 0 Å². The van der Waals surface area contributed by atoms with Crippen molar-refractivity contribution in [2.75, 3.05) is 6.54 Å². The number of likely N-dealkylation sites (tertiary alicyclic amines) is 1. The van der Waals surface area contributed by atoms with Crippen molar-refractivity contribution in [3.05, 3.63) is 35.9 Å². The average molecular weight is 247 g/mol. The summed E-state index contributed by atoms with van der Waals surface area (Å²) in [5.41, 5.74) is 0.982. The predicted octanol–water partition coefficient (Wildman–Crippen LogP) is 1.78. The highest BCUT2D eigenvalue weighted by atomic mass is 16.6. The van der Waals surface area contributed by atoms with Crippen LogP contribution in [0.3, 0.4) is 0 Å². The van der Waals surface area contributed by atoms with Gasteiger partial charge in [0.25, 0.3) is 0 Å². The first-order chi connectivity index (χ1) is 8.74. The molecule has 0 spiro atoms. The summed E-state index contributed by atoms with van der Waals surface area (Å²) in [5.74, 6) is 0.453. The Morgan fingerprint density at radius 3 is 2.78 bits per heavy atom.